The van der Waals surface area contributed by atoms with Crippen LogP contribution in [0, 0.1) is 11.3 Å². The fraction of sp³-hybridized carbons (Fsp3) is 0.458. The minimum absolute atomic E-state index is 0.0354. The van der Waals surface area contributed by atoms with Gasteiger partial charge in [0.15, 0.2) is 0 Å². The SMILES string of the molecule is CCc1ccccc1NC(=O)CN1CCN(C(=O)CN(CCC#N)Cc2ccco2)CC1. The number of carbonyl (C=O) groups is 2. The van der Waals surface area contributed by atoms with Crippen molar-refractivity contribution in [3.05, 3.63) is 54.0 Å². The van der Waals surface area contributed by atoms with Gasteiger partial charge in [0.2, 0.25) is 11.8 Å². The predicted octanol–water partition coefficient (Wildman–Crippen LogP) is 2.34. The van der Waals surface area contributed by atoms with E-state index >= 15 is 0 Å². The van der Waals surface area contributed by atoms with E-state index in [1.807, 2.05) is 46.2 Å². The molecule has 0 spiro atoms. The molecule has 0 atom stereocenters. The molecular formula is C24H31N5O3. The molecule has 0 bridgehead atoms. The summed E-state index contributed by atoms with van der Waals surface area (Å²) in [6.07, 6.45) is 2.83. The van der Waals surface area contributed by atoms with E-state index in [2.05, 4.69) is 23.2 Å². The molecule has 0 radical (unpaired) electrons. The Morgan fingerprint density at radius 2 is 1.94 bits per heavy atom. The second kappa shape index (κ2) is 12.0. The lowest BCUT2D eigenvalue weighted by Crippen LogP contribution is -2.52. The van der Waals surface area contributed by atoms with Crippen molar-refractivity contribution in [1.29, 1.82) is 5.26 Å². The average molecular weight is 438 g/mol. The summed E-state index contributed by atoms with van der Waals surface area (Å²) in [5, 5.41) is 11.9. The Morgan fingerprint density at radius 3 is 2.62 bits per heavy atom. The summed E-state index contributed by atoms with van der Waals surface area (Å²) in [5.74, 6) is 0.776. The molecule has 1 aromatic heterocycles. The van der Waals surface area contributed by atoms with Gasteiger partial charge >= 0.3 is 0 Å². The van der Waals surface area contributed by atoms with Crippen molar-refractivity contribution in [2.24, 2.45) is 0 Å². The number of carbonyl (C=O) groups excluding carboxylic acids is 2. The number of rotatable bonds is 10. The Morgan fingerprint density at radius 1 is 1.16 bits per heavy atom. The first-order chi connectivity index (χ1) is 15.6. The molecule has 2 heterocycles. The standard InChI is InChI=1S/C24H31N5O3/c1-2-20-7-3-4-9-22(20)26-23(30)18-27-12-14-29(15-13-27)24(31)19-28(11-6-10-25)17-21-8-5-16-32-21/h3-5,7-9,16H,2,6,11-15,17-19H2,1H3,(H,26,30). The molecule has 1 N–H and O–H groups in total. The number of para-hydroxylation sites is 1. The topological polar surface area (TPSA) is 92.8 Å². The van der Waals surface area contributed by atoms with Gasteiger partial charge in [0.05, 0.1) is 32.0 Å². The number of hydrogen-bond donors (Lipinski definition) is 1. The highest BCUT2D eigenvalue weighted by molar-refractivity contribution is 5.93. The first kappa shape index (κ1) is 23.5. The maximum Gasteiger partial charge on any atom is 0.238 e. The number of benzene rings is 1. The summed E-state index contributed by atoms with van der Waals surface area (Å²) in [6.45, 7) is 6.13. The third kappa shape index (κ3) is 6.94. The van der Waals surface area contributed by atoms with Gasteiger partial charge in [-0.15, -0.1) is 0 Å². The second-order valence-corrected chi connectivity index (χ2v) is 7.91. The van der Waals surface area contributed by atoms with Gasteiger partial charge in [0.25, 0.3) is 0 Å². The molecule has 0 saturated carbocycles. The van der Waals surface area contributed by atoms with Gasteiger partial charge in [-0.05, 0) is 30.2 Å². The largest absolute Gasteiger partial charge is 0.468 e. The number of anilines is 1. The molecule has 8 nitrogen and oxygen atoms in total. The number of nitriles is 1. The Bertz CT molecular complexity index is 914. The van der Waals surface area contributed by atoms with Crippen molar-refractivity contribution >= 4 is 17.5 Å². The zero-order valence-corrected chi connectivity index (χ0v) is 18.6. The number of nitrogens with zero attached hydrogens (tertiary/aromatic N) is 4. The van der Waals surface area contributed by atoms with E-state index in [1.165, 1.54) is 0 Å². The summed E-state index contributed by atoms with van der Waals surface area (Å²) >= 11 is 0. The van der Waals surface area contributed by atoms with Gasteiger partial charge in [0, 0.05) is 44.8 Å². The van der Waals surface area contributed by atoms with Crippen LogP contribution in [0.4, 0.5) is 5.69 Å². The van der Waals surface area contributed by atoms with E-state index in [0.717, 1.165) is 23.4 Å². The van der Waals surface area contributed by atoms with E-state index < -0.39 is 0 Å². The molecule has 1 aromatic carbocycles. The van der Waals surface area contributed by atoms with Crippen LogP contribution in [-0.2, 0) is 22.6 Å². The van der Waals surface area contributed by atoms with Crippen LogP contribution >= 0.6 is 0 Å². The molecule has 32 heavy (non-hydrogen) atoms. The van der Waals surface area contributed by atoms with Crippen LogP contribution in [0.5, 0.6) is 0 Å². The normalized spacial score (nSPS) is 14.3. The van der Waals surface area contributed by atoms with Crippen molar-refractivity contribution in [2.75, 3.05) is 51.1 Å². The van der Waals surface area contributed by atoms with Crippen LogP contribution in [0.3, 0.4) is 0 Å². The van der Waals surface area contributed by atoms with Crippen LogP contribution in [0.2, 0.25) is 0 Å². The van der Waals surface area contributed by atoms with E-state index in [-0.39, 0.29) is 18.4 Å². The first-order valence-electron chi connectivity index (χ1n) is 11.1. The summed E-state index contributed by atoms with van der Waals surface area (Å²) in [7, 11) is 0. The third-order valence-electron chi connectivity index (χ3n) is 5.62. The number of amides is 2. The molecule has 3 rings (SSSR count). The highest BCUT2D eigenvalue weighted by atomic mass is 16.3. The summed E-state index contributed by atoms with van der Waals surface area (Å²) < 4.78 is 5.39. The Balaban J connectivity index is 1.45. The highest BCUT2D eigenvalue weighted by Crippen LogP contribution is 2.15. The van der Waals surface area contributed by atoms with Crippen molar-refractivity contribution in [3.8, 4) is 6.07 Å². The smallest absolute Gasteiger partial charge is 0.238 e. The average Bonchev–Trinajstić information content (AvgIpc) is 3.31. The van der Waals surface area contributed by atoms with Crippen molar-refractivity contribution < 1.29 is 14.0 Å². The van der Waals surface area contributed by atoms with Gasteiger partial charge in [-0.1, -0.05) is 25.1 Å². The number of aryl methyl sites for hydroxylation is 1. The van der Waals surface area contributed by atoms with Gasteiger partial charge < -0.3 is 14.6 Å². The van der Waals surface area contributed by atoms with Crippen LogP contribution in [0.25, 0.3) is 0 Å². The number of furan rings is 1. The minimum Gasteiger partial charge on any atom is -0.468 e. The van der Waals surface area contributed by atoms with E-state index in [4.69, 9.17) is 9.68 Å². The first-order valence-corrected chi connectivity index (χ1v) is 11.1. The van der Waals surface area contributed by atoms with Crippen molar-refractivity contribution in [2.45, 2.75) is 26.3 Å². The lowest BCUT2D eigenvalue weighted by Gasteiger charge is -2.35. The molecule has 1 aliphatic heterocycles. The molecule has 8 heteroatoms. The fourth-order valence-corrected chi connectivity index (χ4v) is 3.84. The van der Waals surface area contributed by atoms with Gasteiger partial charge in [-0.3, -0.25) is 19.4 Å². The van der Waals surface area contributed by atoms with Crippen LogP contribution in [0.1, 0.15) is 24.7 Å². The van der Waals surface area contributed by atoms with Crippen LogP contribution in [-0.4, -0.2) is 72.3 Å². The maximum atomic E-state index is 12.8. The minimum atomic E-state index is -0.0354. The van der Waals surface area contributed by atoms with Crippen molar-refractivity contribution in [1.82, 2.24) is 14.7 Å². The van der Waals surface area contributed by atoms with E-state index in [1.54, 1.807) is 6.26 Å². The number of hydrogen-bond acceptors (Lipinski definition) is 6. The summed E-state index contributed by atoms with van der Waals surface area (Å²) in [5.41, 5.74) is 1.98. The Kier molecular flexibility index (Phi) is 8.84. The molecule has 170 valence electrons. The quantitative estimate of drug-likeness (QED) is 0.613. The monoisotopic (exact) mass is 437 g/mol. The summed E-state index contributed by atoms with van der Waals surface area (Å²) in [6, 6.07) is 13.7. The molecule has 2 aromatic rings. The summed E-state index contributed by atoms with van der Waals surface area (Å²) in [4.78, 5) is 31.1. The van der Waals surface area contributed by atoms with Gasteiger partial charge in [-0.2, -0.15) is 5.26 Å². The second-order valence-electron chi connectivity index (χ2n) is 7.91. The Labute approximate surface area is 189 Å². The fourth-order valence-electron chi connectivity index (χ4n) is 3.84. The van der Waals surface area contributed by atoms with E-state index in [9.17, 15) is 9.59 Å². The highest BCUT2D eigenvalue weighted by Gasteiger charge is 2.24. The molecule has 1 aliphatic rings. The van der Waals surface area contributed by atoms with Gasteiger partial charge in [0.1, 0.15) is 5.76 Å². The molecule has 1 fully saturated rings. The maximum absolute atomic E-state index is 12.8. The molecule has 2 amide bonds. The van der Waals surface area contributed by atoms with Crippen LogP contribution < -0.4 is 5.32 Å². The lowest BCUT2D eigenvalue weighted by molar-refractivity contribution is -0.134. The van der Waals surface area contributed by atoms with Crippen LogP contribution in [0.15, 0.2) is 47.1 Å². The predicted molar refractivity (Wildman–Crippen MR) is 122 cm³/mol. The molecule has 1 saturated heterocycles. The molecular weight excluding hydrogens is 406 g/mol. The van der Waals surface area contributed by atoms with Crippen molar-refractivity contribution in [3.63, 3.8) is 0 Å². The third-order valence-corrected chi connectivity index (χ3v) is 5.62. The number of piperazine rings is 1. The Hall–Kier alpha value is -3.15. The molecule has 0 aliphatic carbocycles. The number of nitrogens with one attached hydrogen (secondary N) is 1. The zero-order valence-electron chi connectivity index (χ0n) is 18.6. The van der Waals surface area contributed by atoms with E-state index in [0.29, 0.717) is 52.2 Å². The zero-order chi connectivity index (χ0) is 22.8. The van der Waals surface area contributed by atoms with Gasteiger partial charge in [-0.25, -0.2) is 0 Å². The lowest BCUT2D eigenvalue weighted by atomic mass is 10.1. The molecule has 0 unspecified atom stereocenters.